The molecule has 0 spiro atoms. The van der Waals surface area contributed by atoms with E-state index >= 15 is 0 Å². The number of aliphatic imine (C=N–C) groups is 1. The Bertz CT molecular complexity index is 335. The third-order valence-corrected chi connectivity index (χ3v) is 2.55. The summed E-state index contributed by atoms with van der Waals surface area (Å²) in [5.74, 6) is 0.613. The van der Waals surface area contributed by atoms with E-state index in [0.29, 0.717) is 12.5 Å². The van der Waals surface area contributed by atoms with Crippen molar-refractivity contribution in [2.24, 2.45) is 10.4 Å². The lowest BCUT2D eigenvalue weighted by atomic mass is 9.86. The van der Waals surface area contributed by atoms with Gasteiger partial charge in [-0.1, -0.05) is 33.8 Å². The van der Waals surface area contributed by atoms with E-state index in [1.165, 1.54) is 5.57 Å². The maximum absolute atomic E-state index is 5.69. The molecule has 0 bridgehead atoms. The number of hydrogen-bond acceptors (Lipinski definition) is 3. The van der Waals surface area contributed by atoms with Crippen LogP contribution >= 0.6 is 0 Å². The van der Waals surface area contributed by atoms with E-state index in [-0.39, 0.29) is 11.6 Å². The molecule has 3 heteroatoms. The Morgan fingerprint density at radius 3 is 2.53 bits per heavy atom. The highest BCUT2D eigenvalue weighted by atomic mass is 16.5. The second kappa shape index (κ2) is 6.01. The number of nitrogens with zero attached hydrogens (tertiary/aromatic N) is 1. The summed E-state index contributed by atoms with van der Waals surface area (Å²) in [7, 11) is 1.63. The number of methoxy groups -OCH3 is 1. The molecule has 0 radical (unpaired) electrons. The zero-order chi connectivity index (χ0) is 12.9. The van der Waals surface area contributed by atoms with Crippen LogP contribution in [-0.4, -0.2) is 25.8 Å². The Labute approximate surface area is 104 Å². The molecular weight excluding hydrogens is 214 g/mol. The summed E-state index contributed by atoms with van der Waals surface area (Å²) in [6.45, 7) is 9.33. The standard InChI is InChI=1S/C14H23NO2/c1-6-9-17-13-10-11(14(2,3)4)7-8-12(15-13)16-5/h7-8,10,13H,6,9H2,1-5H3. The van der Waals surface area contributed by atoms with E-state index in [1.54, 1.807) is 7.11 Å². The van der Waals surface area contributed by atoms with Gasteiger partial charge in [-0.3, -0.25) is 0 Å². The highest BCUT2D eigenvalue weighted by Gasteiger charge is 2.19. The van der Waals surface area contributed by atoms with Crippen LogP contribution in [0.15, 0.2) is 28.8 Å². The van der Waals surface area contributed by atoms with Gasteiger partial charge in [-0.25, -0.2) is 4.99 Å². The highest BCUT2D eigenvalue weighted by Crippen LogP contribution is 2.28. The normalized spacial score (nSPS) is 20.6. The molecule has 0 saturated heterocycles. The highest BCUT2D eigenvalue weighted by molar-refractivity contribution is 5.88. The first-order chi connectivity index (χ1) is 7.97. The molecule has 1 heterocycles. The summed E-state index contributed by atoms with van der Waals surface area (Å²) in [5.41, 5.74) is 1.30. The molecule has 1 unspecified atom stereocenters. The van der Waals surface area contributed by atoms with Crippen molar-refractivity contribution in [2.75, 3.05) is 13.7 Å². The fraction of sp³-hybridized carbons (Fsp3) is 0.643. The number of ether oxygens (including phenoxy) is 2. The smallest absolute Gasteiger partial charge is 0.211 e. The van der Waals surface area contributed by atoms with Gasteiger partial charge in [0, 0.05) is 12.7 Å². The van der Waals surface area contributed by atoms with Crippen LogP contribution < -0.4 is 0 Å². The topological polar surface area (TPSA) is 30.8 Å². The molecule has 1 aliphatic heterocycles. The molecule has 0 fully saturated rings. The van der Waals surface area contributed by atoms with Gasteiger partial charge >= 0.3 is 0 Å². The average molecular weight is 237 g/mol. The summed E-state index contributed by atoms with van der Waals surface area (Å²) in [6, 6.07) is 0. The van der Waals surface area contributed by atoms with Gasteiger partial charge in [0.05, 0.1) is 7.11 Å². The minimum Gasteiger partial charge on any atom is -0.481 e. The van der Waals surface area contributed by atoms with Gasteiger partial charge in [-0.15, -0.1) is 0 Å². The van der Waals surface area contributed by atoms with Crippen LogP contribution in [-0.2, 0) is 9.47 Å². The van der Waals surface area contributed by atoms with Crippen molar-refractivity contribution in [2.45, 2.75) is 40.3 Å². The predicted molar refractivity (Wildman–Crippen MR) is 71.2 cm³/mol. The maximum atomic E-state index is 5.69. The Morgan fingerprint density at radius 1 is 1.29 bits per heavy atom. The van der Waals surface area contributed by atoms with Gasteiger partial charge < -0.3 is 9.47 Å². The molecule has 1 aliphatic rings. The Balaban J connectivity index is 2.91. The quantitative estimate of drug-likeness (QED) is 0.754. The molecule has 0 aromatic heterocycles. The van der Waals surface area contributed by atoms with Crippen molar-refractivity contribution in [3.05, 3.63) is 23.8 Å². The second-order valence-corrected chi connectivity index (χ2v) is 5.14. The van der Waals surface area contributed by atoms with Gasteiger partial charge in [-0.05, 0) is 23.5 Å². The summed E-state index contributed by atoms with van der Waals surface area (Å²) in [5, 5.41) is 0. The van der Waals surface area contributed by atoms with Crippen LogP contribution in [0.5, 0.6) is 0 Å². The van der Waals surface area contributed by atoms with Gasteiger partial charge in [0.2, 0.25) is 5.90 Å². The zero-order valence-corrected chi connectivity index (χ0v) is 11.5. The largest absolute Gasteiger partial charge is 0.481 e. The average Bonchev–Trinajstić information content (AvgIpc) is 2.47. The summed E-state index contributed by atoms with van der Waals surface area (Å²) in [4.78, 5) is 4.40. The lowest BCUT2D eigenvalue weighted by Gasteiger charge is -2.21. The Morgan fingerprint density at radius 2 is 2.00 bits per heavy atom. The molecule has 0 aromatic rings. The Hall–Kier alpha value is -1.09. The van der Waals surface area contributed by atoms with Crippen molar-refractivity contribution in [3.63, 3.8) is 0 Å². The van der Waals surface area contributed by atoms with E-state index in [0.717, 1.165) is 6.42 Å². The van der Waals surface area contributed by atoms with Crippen LogP contribution in [0.1, 0.15) is 34.1 Å². The Kier molecular flexibility index (Phi) is 4.94. The molecule has 0 aromatic carbocycles. The fourth-order valence-corrected chi connectivity index (χ4v) is 1.52. The van der Waals surface area contributed by atoms with Crippen LogP contribution in [0.3, 0.4) is 0 Å². The lowest BCUT2D eigenvalue weighted by molar-refractivity contribution is 0.0893. The minimum atomic E-state index is -0.242. The van der Waals surface area contributed by atoms with Gasteiger partial charge in [-0.2, -0.15) is 0 Å². The second-order valence-electron chi connectivity index (χ2n) is 5.14. The molecule has 0 N–H and O–H groups in total. The molecule has 17 heavy (non-hydrogen) atoms. The predicted octanol–water partition coefficient (Wildman–Crippen LogP) is 3.33. The van der Waals surface area contributed by atoms with E-state index in [1.807, 2.05) is 6.08 Å². The summed E-state index contributed by atoms with van der Waals surface area (Å²) in [6.07, 6.45) is 6.76. The molecule has 0 amide bonds. The maximum Gasteiger partial charge on any atom is 0.211 e. The van der Waals surface area contributed by atoms with E-state index in [2.05, 4.69) is 44.8 Å². The lowest BCUT2D eigenvalue weighted by Crippen LogP contribution is -2.14. The van der Waals surface area contributed by atoms with Crippen LogP contribution in [0.2, 0.25) is 0 Å². The summed E-state index contributed by atoms with van der Waals surface area (Å²) < 4.78 is 10.9. The molecular formula is C14H23NO2. The van der Waals surface area contributed by atoms with Crippen LogP contribution in [0, 0.1) is 5.41 Å². The monoisotopic (exact) mass is 237 g/mol. The fourth-order valence-electron chi connectivity index (χ4n) is 1.52. The molecule has 0 saturated carbocycles. The third kappa shape index (κ3) is 4.35. The van der Waals surface area contributed by atoms with Gasteiger partial charge in [0.15, 0.2) is 6.23 Å². The summed E-state index contributed by atoms with van der Waals surface area (Å²) >= 11 is 0. The van der Waals surface area contributed by atoms with E-state index in [9.17, 15) is 0 Å². The van der Waals surface area contributed by atoms with Crippen molar-refractivity contribution in [1.82, 2.24) is 0 Å². The SMILES string of the molecule is CCCOC1C=C(C(C)(C)C)C=CC(OC)=N1. The van der Waals surface area contributed by atoms with Crippen molar-refractivity contribution in [3.8, 4) is 0 Å². The number of rotatable bonds is 3. The minimum absolute atomic E-state index is 0.0863. The van der Waals surface area contributed by atoms with Crippen LogP contribution in [0.25, 0.3) is 0 Å². The van der Waals surface area contributed by atoms with E-state index < -0.39 is 0 Å². The van der Waals surface area contributed by atoms with Crippen molar-refractivity contribution >= 4 is 5.90 Å². The first-order valence-corrected chi connectivity index (χ1v) is 6.11. The molecule has 0 aliphatic carbocycles. The van der Waals surface area contributed by atoms with Crippen LogP contribution in [0.4, 0.5) is 0 Å². The van der Waals surface area contributed by atoms with Crippen molar-refractivity contribution < 1.29 is 9.47 Å². The molecule has 1 rings (SSSR count). The van der Waals surface area contributed by atoms with Gasteiger partial charge in [0.25, 0.3) is 0 Å². The molecule has 3 nitrogen and oxygen atoms in total. The number of hydrogen-bond donors (Lipinski definition) is 0. The van der Waals surface area contributed by atoms with Crippen molar-refractivity contribution in [1.29, 1.82) is 0 Å². The molecule has 1 atom stereocenters. The number of allylic oxidation sites excluding steroid dienone is 2. The first kappa shape index (κ1) is 14.0. The third-order valence-electron chi connectivity index (χ3n) is 2.55. The van der Waals surface area contributed by atoms with Gasteiger partial charge in [0.1, 0.15) is 0 Å². The molecule has 96 valence electrons. The van der Waals surface area contributed by atoms with E-state index in [4.69, 9.17) is 9.47 Å². The first-order valence-electron chi connectivity index (χ1n) is 6.11. The zero-order valence-electron chi connectivity index (χ0n) is 11.5.